The van der Waals surface area contributed by atoms with Gasteiger partial charge in [-0.15, -0.1) is 0 Å². The fraction of sp³-hybridized carbons (Fsp3) is 0.647. The topological polar surface area (TPSA) is 256 Å². The van der Waals surface area contributed by atoms with E-state index in [-0.39, 0.29) is 39.0 Å². The van der Waals surface area contributed by atoms with E-state index in [4.69, 9.17) is 37.9 Å². The molecule has 4 aliphatic heterocycles. The molecule has 4 saturated heterocycles. The molecule has 0 bridgehead atoms. The number of aliphatic hydroxyl groups excluding tert-OH is 9. The van der Waals surface area contributed by atoms with Crippen LogP contribution in [0.25, 0.3) is 11.1 Å². The van der Waals surface area contributed by atoms with Crippen molar-refractivity contribution in [2.75, 3.05) is 33.0 Å². The van der Waals surface area contributed by atoms with Gasteiger partial charge in [0.2, 0.25) is 0 Å². The van der Waals surface area contributed by atoms with Gasteiger partial charge in [0, 0.05) is 5.92 Å². The lowest BCUT2D eigenvalue weighted by Crippen LogP contribution is -2.62. The summed E-state index contributed by atoms with van der Waals surface area (Å²) >= 11 is 0. The standard InChI is InChI=1S/C34H44O17/c35-19-10-45-32(27(40)23(19)36)49-21-12-47-34(29(42)25(21)38)51-22-13-48-33(30(43)26(22)39)50-20-11-46-31(28(41)24(20)37)44-9-18-16-7-3-1-5-14(16)15-6-2-4-8-17(15)18/h1-8,18-43H,9-13H2/t19-,20-,21-,22-,23+,24+,25+,26+,27-,28-,29-,30-,31-,32+,33+,34+/m1/s1. The first-order chi connectivity index (χ1) is 24.5. The first kappa shape index (κ1) is 37.1. The van der Waals surface area contributed by atoms with Gasteiger partial charge in [0.05, 0.1) is 33.0 Å². The molecule has 0 saturated carbocycles. The van der Waals surface area contributed by atoms with Crippen LogP contribution in [0.2, 0.25) is 0 Å². The molecule has 17 nitrogen and oxygen atoms in total. The average molecular weight is 725 g/mol. The van der Waals surface area contributed by atoms with E-state index in [1.54, 1.807) is 0 Å². The average Bonchev–Trinajstić information content (AvgIpc) is 3.46. The SMILES string of the molecule is O[C@@H]1[C@@H](O)[C@H](O[C@@H]2CO[C@@H](O[C@@H]3CO[C@@H](O[C@@H]4CO[C@@H](OCC5c6ccccc6-c6ccccc65)[C@H](O)[C@H]4O)[C@H](O)[C@H]3O)[C@H](O)[C@H]2O)OC[C@H]1O. The molecule has 4 fully saturated rings. The van der Waals surface area contributed by atoms with Crippen molar-refractivity contribution in [2.24, 2.45) is 0 Å². The summed E-state index contributed by atoms with van der Waals surface area (Å²) in [7, 11) is 0. The molecular formula is C34H44O17. The maximum atomic E-state index is 10.9. The first-order valence-corrected chi connectivity index (χ1v) is 16.9. The van der Waals surface area contributed by atoms with Gasteiger partial charge in [0.15, 0.2) is 25.2 Å². The highest BCUT2D eigenvalue weighted by atomic mass is 16.8. The quantitative estimate of drug-likeness (QED) is 0.122. The summed E-state index contributed by atoms with van der Waals surface area (Å²) in [6.45, 7) is -1.10. The Hall–Kier alpha value is -2.24. The summed E-state index contributed by atoms with van der Waals surface area (Å²) in [6, 6.07) is 16.0. The lowest BCUT2D eigenvalue weighted by Gasteiger charge is -2.44. The summed E-state index contributed by atoms with van der Waals surface area (Å²) in [6.07, 6.45) is -23.4. The Labute approximate surface area is 292 Å². The predicted octanol–water partition coefficient (Wildman–Crippen LogP) is -3.36. The van der Waals surface area contributed by atoms with E-state index >= 15 is 0 Å². The highest BCUT2D eigenvalue weighted by molar-refractivity contribution is 5.78. The first-order valence-electron chi connectivity index (χ1n) is 16.9. The molecule has 2 aromatic carbocycles. The van der Waals surface area contributed by atoms with E-state index in [0.717, 1.165) is 22.3 Å². The number of fused-ring (bicyclic) bond motifs is 3. The molecule has 5 aliphatic rings. The number of benzene rings is 2. The molecule has 9 N–H and O–H groups in total. The number of hydrogen-bond donors (Lipinski definition) is 9. The zero-order valence-corrected chi connectivity index (χ0v) is 27.3. The second-order valence-electron chi connectivity index (χ2n) is 13.4. The molecule has 17 heteroatoms. The molecule has 0 radical (unpaired) electrons. The van der Waals surface area contributed by atoms with Gasteiger partial charge in [0.1, 0.15) is 73.2 Å². The third-order valence-corrected chi connectivity index (χ3v) is 10.1. The smallest absolute Gasteiger partial charge is 0.186 e. The highest BCUT2D eigenvalue weighted by Crippen LogP contribution is 2.45. The summed E-state index contributed by atoms with van der Waals surface area (Å²) < 4.78 is 44.8. The monoisotopic (exact) mass is 724 g/mol. The Morgan fingerprint density at radius 2 is 0.824 bits per heavy atom. The normalized spacial score (nSPS) is 43.1. The van der Waals surface area contributed by atoms with Crippen molar-refractivity contribution in [3.63, 3.8) is 0 Å². The van der Waals surface area contributed by atoms with Crippen molar-refractivity contribution >= 4 is 0 Å². The van der Waals surface area contributed by atoms with Gasteiger partial charge in [-0.1, -0.05) is 48.5 Å². The maximum Gasteiger partial charge on any atom is 0.186 e. The lowest BCUT2D eigenvalue weighted by molar-refractivity contribution is -0.357. The van der Waals surface area contributed by atoms with Gasteiger partial charge in [-0.3, -0.25) is 0 Å². The Morgan fingerprint density at radius 1 is 0.451 bits per heavy atom. The molecule has 1 aliphatic carbocycles. The molecule has 4 heterocycles. The number of hydrogen-bond acceptors (Lipinski definition) is 17. The fourth-order valence-corrected chi connectivity index (χ4v) is 7.10. The van der Waals surface area contributed by atoms with Crippen LogP contribution in [0.1, 0.15) is 17.0 Å². The molecule has 0 unspecified atom stereocenters. The lowest BCUT2D eigenvalue weighted by atomic mass is 9.98. The molecule has 282 valence electrons. The molecule has 0 spiro atoms. The maximum absolute atomic E-state index is 10.9. The van der Waals surface area contributed by atoms with Crippen LogP contribution in [0, 0.1) is 0 Å². The van der Waals surface area contributed by atoms with Crippen LogP contribution in [-0.2, 0) is 37.9 Å². The summed E-state index contributed by atoms with van der Waals surface area (Å²) in [4.78, 5) is 0. The van der Waals surface area contributed by atoms with E-state index in [1.165, 1.54) is 0 Å². The zero-order chi connectivity index (χ0) is 36.0. The van der Waals surface area contributed by atoms with Gasteiger partial charge in [-0.2, -0.15) is 0 Å². The Balaban J connectivity index is 0.880. The molecule has 16 atom stereocenters. The second kappa shape index (κ2) is 15.6. The van der Waals surface area contributed by atoms with Gasteiger partial charge in [-0.25, -0.2) is 0 Å². The van der Waals surface area contributed by atoms with E-state index in [1.807, 2.05) is 48.5 Å². The van der Waals surface area contributed by atoms with Crippen molar-refractivity contribution < 1.29 is 83.9 Å². The minimum Gasteiger partial charge on any atom is -0.388 e. The van der Waals surface area contributed by atoms with Crippen molar-refractivity contribution in [3.8, 4) is 11.1 Å². The number of aliphatic hydroxyl groups is 9. The van der Waals surface area contributed by atoms with Crippen LogP contribution < -0.4 is 0 Å². The van der Waals surface area contributed by atoms with Crippen molar-refractivity contribution in [1.29, 1.82) is 0 Å². The van der Waals surface area contributed by atoms with E-state index in [0.29, 0.717) is 0 Å². The molecule has 2 aromatic rings. The van der Waals surface area contributed by atoms with Crippen molar-refractivity contribution in [1.82, 2.24) is 0 Å². The van der Waals surface area contributed by atoms with Crippen molar-refractivity contribution in [3.05, 3.63) is 59.7 Å². The van der Waals surface area contributed by atoms with Gasteiger partial charge >= 0.3 is 0 Å². The van der Waals surface area contributed by atoms with Gasteiger partial charge in [0.25, 0.3) is 0 Å². The Morgan fingerprint density at radius 3 is 1.29 bits per heavy atom. The van der Waals surface area contributed by atoms with Crippen molar-refractivity contribution in [2.45, 2.75) is 104 Å². The third kappa shape index (κ3) is 7.34. The summed E-state index contributed by atoms with van der Waals surface area (Å²) in [5, 5.41) is 94.3. The third-order valence-electron chi connectivity index (χ3n) is 10.1. The molecule has 0 aromatic heterocycles. The molecule has 7 rings (SSSR count). The Kier molecular flexibility index (Phi) is 11.4. The minimum atomic E-state index is -1.72. The molecular weight excluding hydrogens is 680 g/mol. The largest absolute Gasteiger partial charge is 0.388 e. The highest BCUT2D eigenvalue weighted by Gasteiger charge is 2.49. The molecule has 0 amide bonds. The van der Waals surface area contributed by atoms with Gasteiger partial charge < -0.3 is 83.9 Å². The van der Waals surface area contributed by atoms with E-state index in [9.17, 15) is 46.0 Å². The van der Waals surface area contributed by atoms with Crippen LogP contribution in [0.15, 0.2) is 48.5 Å². The zero-order valence-electron chi connectivity index (χ0n) is 27.3. The van der Waals surface area contributed by atoms with Gasteiger partial charge in [-0.05, 0) is 22.3 Å². The van der Waals surface area contributed by atoms with Crippen LogP contribution in [0.5, 0.6) is 0 Å². The number of rotatable bonds is 9. The van der Waals surface area contributed by atoms with E-state index in [2.05, 4.69) is 0 Å². The number of ether oxygens (including phenoxy) is 8. The minimum absolute atomic E-state index is 0.101. The van der Waals surface area contributed by atoms with Crippen LogP contribution in [0.4, 0.5) is 0 Å². The second-order valence-corrected chi connectivity index (χ2v) is 13.4. The van der Waals surface area contributed by atoms with Crippen LogP contribution in [0.3, 0.4) is 0 Å². The summed E-state index contributed by atoms with van der Waals surface area (Å²) in [5.74, 6) is -0.101. The van der Waals surface area contributed by atoms with Crippen LogP contribution in [-0.4, -0.2) is 177 Å². The summed E-state index contributed by atoms with van der Waals surface area (Å²) in [5.41, 5.74) is 4.39. The van der Waals surface area contributed by atoms with E-state index < -0.39 is 98.4 Å². The fourth-order valence-electron chi connectivity index (χ4n) is 7.10. The predicted molar refractivity (Wildman–Crippen MR) is 167 cm³/mol. The Bertz CT molecular complexity index is 1420. The molecule has 51 heavy (non-hydrogen) atoms. The van der Waals surface area contributed by atoms with Crippen LogP contribution >= 0.6 is 0 Å².